The van der Waals surface area contributed by atoms with Gasteiger partial charge in [-0.25, -0.2) is 0 Å². The Morgan fingerprint density at radius 3 is 2.70 bits per heavy atom. The molecule has 1 aromatic heterocycles. The highest BCUT2D eigenvalue weighted by atomic mass is 32.1. The van der Waals surface area contributed by atoms with E-state index in [-0.39, 0.29) is 5.60 Å². The summed E-state index contributed by atoms with van der Waals surface area (Å²) in [4.78, 5) is 1.35. The number of hydrogen-bond acceptors (Lipinski definition) is 2. The minimum absolute atomic E-state index is 0.102. The second-order valence-corrected chi connectivity index (χ2v) is 4.10. The molecular weight excluding hydrogens is 144 g/mol. The minimum Gasteiger partial charge on any atom is -0.361 e. The van der Waals surface area contributed by atoms with Gasteiger partial charge in [0.1, 0.15) is 6.10 Å². The molecule has 1 nitrogen and oxygen atoms in total. The Morgan fingerprint density at radius 1 is 1.60 bits per heavy atom. The average molecular weight is 154 g/mol. The molecule has 1 aliphatic rings. The molecular formula is C8H10OS. The third-order valence-electron chi connectivity index (χ3n) is 1.80. The van der Waals surface area contributed by atoms with Gasteiger partial charge in [-0.2, -0.15) is 0 Å². The Labute approximate surface area is 64.6 Å². The molecule has 1 aromatic rings. The van der Waals surface area contributed by atoms with Crippen molar-refractivity contribution in [3.05, 3.63) is 22.4 Å². The molecule has 0 saturated carbocycles. The second kappa shape index (κ2) is 1.83. The maximum absolute atomic E-state index is 5.46. The zero-order valence-electron chi connectivity index (χ0n) is 6.13. The van der Waals surface area contributed by atoms with E-state index >= 15 is 0 Å². The van der Waals surface area contributed by atoms with Crippen molar-refractivity contribution >= 4 is 11.3 Å². The highest BCUT2D eigenvalue weighted by Crippen LogP contribution is 2.50. The van der Waals surface area contributed by atoms with Crippen LogP contribution in [0, 0.1) is 0 Å². The number of rotatable bonds is 1. The van der Waals surface area contributed by atoms with Crippen LogP contribution in [0.5, 0.6) is 0 Å². The number of ether oxygens (including phenoxy) is 1. The maximum Gasteiger partial charge on any atom is 0.121 e. The SMILES string of the molecule is CC1(C)OC1c1cccs1. The molecule has 1 unspecified atom stereocenters. The van der Waals surface area contributed by atoms with Crippen LogP contribution in [0.1, 0.15) is 24.8 Å². The van der Waals surface area contributed by atoms with Gasteiger partial charge in [0.15, 0.2) is 0 Å². The van der Waals surface area contributed by atoms with Gasteiger partial charge in [0, 0.05) is 4.88 Å². The molecule has 2 rings (SSSR count). The zero-order chi connectivity index (χ0) is 7.19. The van der Waals surface area contributed by atoms with E-state index in [1.165, 1.54) is 4.88 Å². The van der Waals surface area contributed by atoms with Gasteiger partial charge in [-0.15, -0.1) is 11.3 Å². The van der Waals surface area contributed by atoms with Gasteiger partial charge >= 0.3 is 0 Å². The predicted octanol–water partition coefficient (Wildman–Crippen LogP) is 2.60. The van der Waals surface area contributed by atoms with E-state index in [2.05, 4.69) is 31.4 Å². The molecule has 0 bridgehead atoms. The molecule has 0 radical (unpaired) electrons. The molecule has 1 atom stereocenters. The van der Waals surface area contributed by atoms with Gasteiger partial charge in [-0.3, -0.25) is 0 Å². The lowest BCUT2D eigenvalue weighted by molar-refractivity contribution is 0.326. The summed E-state index contributed by atoms with van der Waals surface area (Å²) in [5.41, 5.74) is 0.102. The van der Waals surface area contributed by atoms with Crippen molar-refractivity contribution in [2.24, 2.45) is 0 Å². The maximum atomic E-state index is 5.46. The average Bonchev–Trinajstić information content (AvgIpc) is 2.31. The van der Waals surface area contributed by atoms with Gasteiger partial charge in [0.2, 0.25) is 0 Å². The summed E-state index contributed by atoms with van der Waals surface area (Å²) >= 11 is 1.77. The Balaban J connectivity index is 2.19. The first-order valence-electron chi connectivity index (χ1n) is 3.41. The molecule has 0 spiro atoms. The summed E-state index contributed by atoms with van der Waals surface area (Å²) in [5.74, 6) is 0. The predicted molar refractivity (Wildman–Crippen MR) is 42.2 cm³/mol. The van der Waals surface area contributed by atoms with Crippen molar-refractivity contribution < 1.29 is 4.74 Å². The number of epoxide rings is 1. The van der Waals surface area contributed by atoms with Crippen molar-refractivity contribution in [3.8, 4) is 0 Å². The molecule has 0 N–H and O–H groups in total. The van der Waals surface area contributed by atoms with Gasteiger partial charge in [-0.1, -0.05) is 6.07 Å². The molecule has 1 aliphatic heterocycles. The topological polar surface area (TPSA) is 12.5 Å². The summed E-state index contributed by atoms with van der Waals surface area (Å²) in [5, 5.41) is 2.09. The Morgan fingerprint density at radius 2 is 2.30 bits per heavy atom. The largest absolute Gasteiger partial charge is 0.361 e. The summed E-state index contributed by atoms with van der Waals surface area (Å²) in [7, 11) is 0. The molecule has 2 heteroatoms. The Hall–Kier alpha value is -0.340. The smallest absolute Gasteiger partial charge is 0.121 e. The van der Waals surface area contributed by atoms with Crippen LogP contribution >= 0.6 is 11.3 Å². The van der Waals surface area contributed by atoms with E-state index < -0.39 is 0 Å². The first kappa shape index (κ1) is 6.38. The first-order chi connectivity index (χ1) is 4.70. The lowest BCUT2D eigenvalue weighted by Crippen LogP contribution is -1.95. The normalized spacial score (nSPS) is 28.4. The fourth-order valence-corrected chi connectivity index (χ4v) is 2.04. The quantitative estimate of drug-likeness (QED) is 0.566. The second-order valence-electron chi connectivity index (χ2n) is 3.12. The van der Waals surface area contributed by atoms with E-state index in [4.69, 9.17) is 4.74 Å². The fraction of sp³-hybridized carbons (Fsp3) is 0.500. The third-order valence-corrected chi connectivity index (χ3v) is 2.71. The van der Waals surface area contributed by atoms with Crippen LogP contribution in [0.15, 0.2) is 17.5 Å². The van der Waals surface area contributed by atoms with Crippen molar-refractivity contribution in [2.45, 2.75) is 25.6 Å². The molecule has 2 heterocycles. The summed E-state index contributed by atoms with van der Waals surface area (Å²) < 4.78 is 5.46. The van der Waals surface area contributed by atoms with Crippen molar-refractivity contribution in [3.63, 3.8) is 0 Å². The summed E-state index contributed by atoms with van der Waals surface area (Å²) in [6.45, 7) is 4.24. The third kappa shape index (κ3) is 0.879. The van der Waals surface area contributed by atoms with Gasteiger partial charge < -0.3 is 4.74 Å². The number of thiophene rings is 1. The van der Waals surface area contributed by atoms with E-state index in [0.717, 1.165) is 0 Å². The summed E-state index contributed by atoms with van der Waals surface area (Å²) in [6.07, 6.45) is 0.368. The van der Waals surface area contributed by atoms with Crippen LogP contribution in [-0.2, 0) is 4.74 Å². The van der Waals surface area contributed by atoms with Crippen LogP contribution in [0.25, 0.3) is 0 Å². The lowest BCUT2D eigenvalue weighted by atomic mass is 10.1. The standard InChI is InChI=1S/C8H10OS/c1-8(2)7(9-8)6-4-3-5-10-6/h3-5,7H,1-2H3. The van der Waals surface area contributed by atoms with Crippen molar-refractivity contribution in [1.82, 2.24) is 0 Å². The van der Waals surface area contributed by atoms with E-state index in [0.29, 0.717) is 6.10 Å². The molecule has 10 heavy (non-hydrogen) atoms. The van der Waals surface area contributed by atoms with E-state index in [1.54, 1.807) is 11.3 Å². The van der Waals surface area contributed by atoms with Crippen LogP contribution in [-0.4, -0.2) is 5.60 Å². The molecule has 0 amide bonds. The van der Waals surface area contributed by atoms with E-state index in [9.17, 15) is 0 Å². The Bertz CT molecular complexity index is 225. The molecule has 1 fully saturated rings. The van der Waals surface area contributed by atoms with Crippen LogP contribution in [0.4, 0.5) is 0 Å². The fourth-order valence-electron chi connectivity index (χ4n) is 1.11. The van der Waals surface area contributed by atoms with Crippen molar-refractivity contribution in [2.75, 3.05) is 0 Å². The van der Waals surface area contributed by atoms with E-state index in [1.807, 2.05) is 0 Å². The highest BCUT2D eigenvalue weighted by molar-refractivity contribution is 7.10. The lowest BCUT2D eigenvalue weighted by Gasteiger charge is -1.90. The van der Waals surface area contributed by atoms with Gasteiger partial charge in [0.05, 0.1) is 5.60 Å². The zero-order valence-corrected chi connectivity index (χ0v) is 6.94. The van der Waals surface area contributed by atoms with Crippen LogP contribution in [0.3, 0.4) is 0 Å². The monoisotopic (exact) mass is 154 g/mol. The highest BCUT2D eigenvalue weighted by Gasteiger charge is 2.49. The minimum atomic E-state index is 0.102. The van der Waals surface area contributed by atoms with Gasteiger partial charge in [0.25, 0.3) is 0 Å². The van der Waals surface area contributed by atoms with Crippen LogP contribution < -0.4 is 0 Å². The molecule has 1 saturated heterocycles. The van der Waals surface area contributed by atoms with Crippen molar-refractivity contribution in [1.29, 1.82) is 0 Å². The van der Waals surface area contributed by atoms with Crippen LogP contribution in [0.2, 0.25) is 0 Å². The molecule has 0 aliphatic carbocycles. The first-order valence-corrected chi connectivity index (χ1v) is 4.29. The molecule has 0 aromatic carbocycles. The number of hydrogen-bond donors (Lipinski definition) is 0. The molecule has 54 valence electrons. The Kier molecular flexibility index (Phi) is 1.17. The summed E-state index contributed by atoms with van der Waals surface area (Å²) in [6, 6.07) is 4.20. The van der Waals surface area contributed by atoms with Gasteiger partial charge in [-0.05, 0) is 25.3 Å².